The van der Waals surface area contributed by atoms with Crippen LogP contribution in [0.4, 0.5) is 0 Å². The standard InChI is InChI=1S/C24H30N4O3S/c1-24(2,3)25-22(29)17-32-23-27-26-21(28(23)14-15-30-4)16-31-20-13-9-8-12-19(20)18-10-6-5-7-11-18/h5-13H,14-17H2,1-4H3,(H,25,29). The zero-order valence-corrected chi connectivity index (χ0v) is 19.8. The number of hydrogen-bond donors (Lipinski definition) is 1. The van der Waals surface area contributed by atoms with Gasteiger partial charge in [0.05, 0.1) is 12.4 Å². The predicted molar refractivity (Wildman–Crippen MR) is 127 cm³/mol. The summed E-state index contributed by atoms with van der Waals surface area (Å²) >= 11 is 1.36. The van der Waals surface area contributed by atoms with Crippen LogP contribution in [-0.2, 0) is 22.7 Å². The van der Waals surface area contributed by atoms with Gasteiger partial charge in [-0.25, -0.2) is 0 Å². The highest BCUT2D eigenvalue weighted by molar-refractivity contribution is 7.99. The van der Waals surface area contributed by atoms with Gasteiger partial charge < -0.3 is 19.4 Å². The highest BCUT2D eigenvalue weighted by atomic mass is 32.2. The number of methoxy groups -OCH3 is 1. The number of nitrogens with one attached hydrogen (secondary N) is 1. The van der Waals surface area contributed by atoms with E-state index in [0.29, 0.717) is 24.1 Å². The SMILES string of the molecule is COCCn1c(COc2ccccc2-c2ccccc2)nnc1SCC(=O)NC(C)(C)C. The largest absolute Gasteiger partial charge is 0.485 e. The van der Waals surface area contributed by atoms with Gasteiger partial charge in [0, 0.05) is 24.8 Å². The smallest absolute Gasteiger partial charge is 0.230 e. The number of carbonyl (C=O) groups is 1. The van der Waals surface area contributed by atoms with Crippen LogP contribution in [-0.4, -0.2) is 45.7 Å². The van der Waals surface area contributed by atoms with Gasteiger partial charge in [-0.05, 0) is 32.4 Å². The lowest BCUT2D eigenvalue weighted by Crippen LogP contribution is -2.41. The van der Waals surface area contributed by atoms with Crippen LogP contribution in [0.2, 0.25) is 0 Å². The van der Waals surface area contributed by atoms with E-state index in [2.05, 4.69) is 27.6 Å². The summed E-state index contributed by atoms with van der Waals surface area (Å²) < 4.78 is 13.3. The lowest BCUT2D eigenvalue weighted by atomic mass is 10.1. The van der Waals surface area contributed by atoms with Gasteiger partial charge in [0.25, 0.3) is 0 Å². The van der Waals surface area contributed by atoms with Crippen LogP contribution in [0, 0.1) is 0 Å². The Morgan fingerprint density at radius 3 is 2.50 bits per heavy atom. The zero-order valence-electron chi connectivity index (χ0n) is 19.0. The minimum atomic E-state index is -0.271. The molecule has 0 aliphatic heterocycles. The van der Waals surface area contributed by atoms with Crippen LogP contribution in [0.1, 0.15) is 26.6 Å². The number of nitrogens with zero attached hydrogens (tertiary/aromatic N) is 3. The third kappa shape index (κ3) is 6.83. The molecule has 1 N–H and O–H groups in total. The van der Waals surface area contributed by atoms with Gasteiger partial charge in [0.2, 0.25) is 5.91 Å². The van der Waals surface area contributed by atoms with Crippen molar-refractivity contribution in [2.75, 3.05) is 19.5 Å². The molecule has 8 heteroatoms. The number of rotatable bonds is 10. The fraction of sp³-hybridized carbons (Fsp3) is 0.375. The van der Waals surface area contributed by atoms with E-state index in [4.69, 9.17) is 9.47 Å². The van der Waals surface area contributed by atoms with E-state index < -0.39 is 0 Å². The zero-order chi connectivity index (χ0) is 23.0. The van der Waals surface area contributed by atoms with Crippen LogP contribution in [0.25, 0.3) is 11.1 Å². The maximum atomic E-state index is 12.2. The second-order valence-corrected chi connectivity index (χ2v) is 9.22. The predicted octanol–water partition coefficient (Wildman–Crippen LogP) is 4.18. The minimum Gasteiger partial charge on any atom is -0.485 e. The van der Waals surface area contributed by atoms with E-state index in [9.17, 15) is 4.79 Å². The average molecular weight is 455 g/mol. The monoisotopic (exact) mass is 454 g/mol. The number of ether oxygens (including phenoxy) is 2. The lowest BCUT2D eigenvalue weighted by Gasteiger charge is -2.20. The van der Waals surface area contributed by atoms with Crippen molar-refractivity contribution >= 4 is 17.7 Å². The maximum Gasteiger partial charge on any atom is 0.230 e. The Kier molecular flexibility index (Phi) is 8.30. The Morgan fingerprint density at radius 1 is 1.06 bits per heavy atom. The number of aromatic nitrogens is 3. The highest BCUT2D eigenvalue weighted by Crippen LogP contribution is 2.30. The van der Waals surface area contributed by atoms with Crippen LogP contribution in [0.15, 0.2) is 59.8 Å². The van der Waals surface area contributed by atoms with Gasteiger partial charge >= 0.3 is 0 Å². The molecule has 0 unspecified atom stereocenters. The first-order valence-electron chi connectivity index (χ1n) is 10.5. The molecular formula is C24H30N4O3S. The molecule has 0 saturated heterocycles. The van der Waals surface area contributed by atoms with Crippen LogP contribution in [0.5, 0.6) is 5.75 Å². The molecule has 1 amide bonds. The summed E-state index contributed by atoms with van der Waals surface area (Å²) in [5, 5.41) is 12.2. The molecule has 1 heterocycles. The topological polar surface area (TPSA) is 78.3 Å². The number of benzene rings is 2. The molecule has 0 spiro atoms. The maximum absolute atomic E-state index is 12.2. The molecule has 3 rings (SSSR count). The van der Waals surface area contributed by atoms with E-state index in [0.717, 1.165) is 16.9 Å². The third-order valence-corrected chi connectivity index (χ3v) is 5.45. The van der Waals surface area contributed by atoms with Crippen molar-refractivity contribution in [3.63, 3.8) is 0 Å². The average Bonchev–Trinajstić information content (AvgIpc) is 3.16. The minimum absolute atomic E-state index is 0.0432. The third-order valence-electron chi connectivity index (χ3n) is 4.49. The summed E-state index contributed by atoms with van der Waals surface area (Å²) in [5.74, 6) is 1.68. The molecule has 0 bridgehead atoms. The van der Waals surface area contributed by atoms with Crippen LogP contribution < -0.4 is 10.1 Å². The lowest BCUT2D eigenvalue weighted by molar-refractivity contribution is -0.119. The van der Waals surface area contributed by atoms with Crippen molar-refractivity contribution in [3.05, 3.63) is 60.4 Å². The first-order valence-corrected chi connectivity index (χ1v) is 11.5. The summed E-state index contributed by atoms with van der Waals surface area (Å²) in [6, 6.07) is 18.0. The number of amides is 1. The molecule has 32 heavy (non-hydrogen) atoms. The Bertz CT molecular complexity index is 1020. The normalized spacial score (nSPS) is 11.4. The van der Waals surface area contributed by atoms with Crippen molar-refractivity contribution in [2.24, 2.45) is 0 Å². The molecule has 3 aromatic rings. The van der Waals surface area contributed by atoms with Gasteiger partial charge in [-0.15, -0.1) is 10.2 Å². The number of para-hydroxylation sites is 1. The molecule has 0 aliphatic carbocycles. The van der Waals surface area contributed by atoms with E-state index in [-0.39, 0.29) is 23.8 Å². The van der Waals surface area contributed by atoms with Gasteiger partial charge in [0.15, 0.2) is 11.0 Å². The molecule has 0 radical (unpaired) electrons. The van der Waals surface area contributed by atoms with E-state index in [1.165, 1.54) is 11.8 Å². The van der Waals surface area contributed by atoms with Crippen molar-refractivity contribution in [1.29, 1.82) is 0 Å². The Labute approximate surface area is 193 Å². The molecule has 0 atom stereocenters. The highest BCUT2D eigenvalue weighted by Gasteiger charge is 2.18. The molecule has 7 nitrogen and oxygen atoms in total. The van der Waals surface area contributed by atoms with Crippen molar-refractivity contribution < 1.29 is 14.3 Å². The fourth-order valence-electron chi connectivity index (χ4n) is 3.12. The molecule has 0 aliphatic rings. The first kappa shape index (κ1) is 23.8. The molecule has 2 aromatic carbocycles. The van der Waals surface area contributed by atoms with Crippen LogP contribution in [0.3, 0.4) is 0 Å². The van der Waals surface area contributed by atoms with Crippen molar-refractivity contribution in [2.45, 2.75) is 44.6 Å². The summed E-state index contributed by atoms with van der Waals surface area (Å²) in [4.78, 5) is 12.2. The molecular weight excluding hydrogens is 424 g/mol. The molecule has 170 valence electrons. The quantitative estimate of drug-likeness (QED) is 0.463. The fourth-order valence-corrected chi connectivity index (χ4v) is 3.90. The van der Waals surface area contributed by atoms with Gasteiger partial charge in [-0.2, -0.15) is 0 Å². The number of thioether (sulfide) groups is 1. The summed E-state index contributed by atoms with van der Waals surface area (Å²) in [6.07, 6.45) is 0. The number of hydrogen-bond acceptors (Lipinski definition) is 6. The summed E-state index contributed by atoms with van der Waals surface area (Å²) in [7, 11) is 1.65. The molecule has 0 saturated carbocycles. The van der Waals surface area contributed by atoms with Crippen molar-refractivity contribution in [1.82, 2.24) is 20.1 Å². The van der Waals surface area contributed by atoms with Gasteiger partial charge in [-0.1, -0.05) is 60.3 Å². The van der Waals surface area contributed by atoms with Gasteiger partial charge in [0.1, 0.15) is 12.4 Å². The van der Waals surface area contributed by atoms with E-state index in [1.54, 1.807) is 7.11 Å². The summed E-state index contributed by atoms with van der Waals surface area (Å²) in [5.41, 5.74) is 1.83. The van der Waals surface area contributed by atoms with Crippen molar-refractivity contribution in [3.8, 4) is 16.9 Å². The second kappa shape index (κ2) is 11.2. The second-order valence-electron chi connectivity index (χ2n) is 8.28. The number of carbonyl (C=O) groups excluding carboxylic acids is 1. The Balaban J connectivity index is 1.73. The summed E-state index contributed by atoms with van der Waals surface area (Å²) in [6.45, 7) is 7.21. The Hall–Kier alpha value is -2.84. The first-order chi connectivity index (χ1) is 15.4. The van der Waals surface area contributed by atoms with Crippen LogP contribution >= 0.6 is 11.8 Å². The van der Waals surface area contributed by atoms with E-state index in [1.807, 2.05) is 67.8 Å². The van der Waals surface area contributed by atoms with Gasteiger partial charge in [-0.3, -0.25) is 4.79 Å². The van der Waals surface area contributed by atoms with E-state index >= 15 is 0 Å². The Morgan fingerprint density at radius 2 is 1.78 bits per heavy atom. The molecule has 1 aromatic heterocycles. The molecule has 0 fully saturated rings.